The Bertz CT molecular complexity index is 642. The van der Waals surface area contributed by atoms with E-state index in [2.05, 4.69) is 15.4 Å². The Labute approximate surface area is 136 Å². The zero-order valence-electron chi connectivity index (χ0n) is 13.2. The number of amides is 2. The minimum absolute atomic E-state index is 0.0685. The lowest BCUT2D eigenvalue weighted by molar-refractivity contribution is 0.112. The number of urea groups is 1. The van der Waals surface area contributed by atoms with Crippen LogP contribution in [0.2, 0.25) is 0 Å². The Morgan fingerprint density at radius 1 is 1.35 bits per heavy atom. The van der Waals surface area contributed by atoms with Crippen LogP contribution < -0.4 is 15.4 Å². The van der Waals surface area contributed by atoms with Gasteiger partial charge in [0.05, 0.1) is 11.8 Å². The van der Waals surface area contributed by atoms with Crippen LogP contribution in [0.15, 0.2) is 24.3 Å². The highest BCUT2D eigenvalue weighted by molar-refractivity contribution is 7.90. The van der Waals surface area contributed by atoms with Crippen LogP contribution in [0.4, 0.5) is 16.2 Å². The number of carbonyl (C=O) groups is 1. The summed E-state index contributed by atoms with van der Waals surface area (Å²) in [6, 6.07) is 6.14. The molecule has 1 atom stereocenters. The van der Waals surface area contributed by atoms with E-state index in [0.717, 1.165) is 23.8 Å². The van der Waals surface area contributed by atoms with Crippen molar-refractivity contribution in [1.29, 1.82) is 0 Å². The number of hydrogen-bond donors (Lipinski definition) is 3. The van der Waals surface area contributed by atoms with E-state index in [1.165, 1.54) is 14.1 Å². The van der Waals surface area contributed by atoms with Crippen molar-refractivity contribution in [1.82, 2.24) is 9.62 Å². The normalized spacial score (nSPS) is 18.0. The molecule has 1 aromatic rings. The largest absolute Gasteiger partial charge is 0.376 e. The molecule has 0 aromatic heterocycles. The third-order valence-electron chi connectivity index (χ3n) is 3.36. The van der Waals surface area contributed by atoms with Gasteiger partial charge >= 0.3 is 16.2 Å². The summed E-state index contributed by atoms with van der Waals surface area (Å²) >= 11 is 0. The molecule has 0 unspecified atom stereocenters. The van der Waals surface area contributed by atoms with E-state index >= 15 is 0 Å². The summed E-state index contributed by atoms with van der Waals surface area (Å²) in [4.78, 5) is 11.8. The molecule has 8 nitrogen and oxygen atoms in total. The van der Waals surface area contributed by atoms with Crippen LogP contribution in [-0.4, -0.2) is 52.1 Å². The average Bonchev–Trinajstić information content (AvgIpc) is 2.98. The van der Waals surface area contributed by atoms with E-state index in [1.807, 2.05) is 0 Å². The van der Waals surface area contributed by atoms with Crippen molar-refractivity contribution in [2.45, 2.75) is 18.9 Å². The quantitative estimate of drug-likeness (QED) is 0.723. The standard InChI is InChI=1S/C14H22N4O4S/c1-18(2)23(20,21)17-12-6-3-5-11(9-12)16-14(19)15-10-13-7-4-8-22-13/h3,5-6,9,13,17H,4,7-8,10H2,1-2H3,(H2,15,16,19)/t13-/m0/s1. The van der Waals surface area contributed by atoms with Gasteiger partial charge in [0.2, 0.25) is 0 Å². The molecule has 0 saturated carbocycles. The fourth-order valence-electron chi connectivity index (χ4n) is 2.09. The van der Waals surface area contributed by atoms with Crippen LogP contribution in [0.3, 0.4) is 0 Å². The van der Waals surface area contributed by atoms with Crippen LogP contribution >= 0.6 is 0 Å². The number of anilines is 2. The molecular weight excluding hydrogens is 320 g/mol. The van der Waals surface area contributed by atoms with E-state index in [-0.39, 0.29) is 12.1 Å². The van der Waals surface area contributed by atoms with Crippen molar-refractivity contribution in [2.24, 2.45) is 0 Å². The number of ether oxygens (including phenoxy) is 1. The van der Waals surface area contributed by atoms with E-state index in [9.17, 15) is 13.2 Å². The third kappa shape index (κ3) is 5.38. The van der Waals surface area contributed by atoms with Gasteiger partial charge in [0.25, 0.3) is 0 Å². The van der Waals surface area contributed by atoms with Crippen molar-refractivity contribution in [3.63, 3.8) is 0 Å². The first-order valence-corrected chi connectivity index (χ1v) is 8.77. The van der Waals surface area contributed by atoms with Gasteiger partial charge in [-0.05, 0) is 31.0 Å². The highest BCUT2D eigenvalue weighted by Gasteiger charge is 2.16. The first-order chi connectivity index (χ1) is 10.9. The van der Waals surface area contributed by atoms with Gasteiger partial charge in [-0.15, -0.1) is 0 Å². The molecule has 1 saturated heterocycles. The summed E-state index contributed by atoms with van der Waals surface area (Å²) in [5.74, 6) is 0. The molecule has 0 aliphatic carbocycles. The summed E-state index contributed by atoms with van der Waals surface area (Å²) in [5.41, 5.74) is 0.865. The van der Waals surface area contributed by atoms with Gasteiger partial charge < -0.3 is 15.4 Å². The maximum Gasteiger partial charge on any atom is 0.319 e. The molecule has 1 aliphatic heterocycles. The molecule has 1 aliphatic rings. The second-order valence-electron chi connectivity index (χ2n) is 5.44. The van der Waals surface area contributed by atoms with Crippen LogP contribution in [0, 0.1) is 0 Å². The maximum absolute atomic E-state index is 11.8. The predicted octanol–water partition coefficient (Wildman–Crippen LogP) is 1.21. The SMILES string of the molecule is CN(C)S(=O)(=O)Nc1cccc(NC(=O)NC[C@@H]2CCCO2)c1. The van der Waals surface area contributed by atoms with Gasteiger partial charge in [-0.2, -0.15) is 12.7 Å². The molecule has 1 aromatic carbocycles. The number of rotatable bonds is 6. The minimum atomic E-state index is -3.58. The lowest BCUT2D eigenvalue weighted by atomic mass is 10.2. The fourth-order valence-corrected chi connectivity index (χ4v) is 2.70. The predicted molar refractivity (Wildman–Crippen MR) is 88.7 cm³/mol. The number of carbonyl (C=O) groups excluding carboxylic acids is 1. The Morgan fingerprint density at radius 2 is 2.09 bits per heavy atom. The Kier molecular flexibility index (Phi) is 5.80. The number of nitrogens with zero attached hydrogens (tertiary/aromatic N) is 1. The molecule has 0 spiro atoms. The van der Waals surface area contributed by atoms with Crippen LogP contribution in [0.25, 0.3) is 0 Å². The van der Waals surface area contributed by atoms with Gasteiger partial charge in [0.1, 0.15) is 0 Å². The van der Waals surface area contributed by atoms with Crippen molar-refractivity contribution < 1.29 is 17.9 Å². The smallest absolute Gasteiger partial charge is 0.319 e. The van der Waals surface area contributed by atoms with E-state index in [1.54, 1.807) is 24.3 Å². The number of nitrogens with one attached hydrogen (secondary N) is 3. The first-order valence-electron chi connectivity index (χ1n) is 7.33. The van der Waals surface area contributed by atoms with Gasteiger partial charge in [0, 0.05) is 32.9 Å². The van der Waals surface area contributed by atoms with Crippen LogP contribution in [-0.2, 0) is 14.9 Å². The second kappa shape index (κ2) is 7.62. The number of hydrogen-bond acceptors (Lipinski definition) is 4. The number of benzene rings is 1. The van der Waals surface area contributed by atoms with Crippen molar-refractivity contribution in [3.05, 3.63) is 24.3 Å². The Morgan fingerprint density at radius 3 is 2.74 bits per heavy atom. The van der Waals surface area contributed by atoms with Crippen molar-refractivity contribution in [2.75, 3.05) is 37.3 Å². The topological polar surface area (TPSA) is 99.8 Å². The third-order valence-corrected chi connectivity index (χ3v) is 4.82. The van der Waals surface area contributed by atoms with Gasteiger partial charge in [0.15, 0.2) is 0 Å². The van der Waals surface area contributed by atoms with E-state index in [4.69, 9.17) is 4.74 Å². The average molecular weight is 342 g/mol. The summed E-state index contributed by atoms with van der Waals surface area (Å²) in [7, 11) is -0.712. The summed E-state index contributed by atoms with van der Waals surface area (Å²) in [6.45, 7) is 1.20. The monoisotopic (exact) mass is 342 g/mol. The molecule has 9 heteroatoms. The fraction of sp³-hybridized carbons (Fsp3) is 0.500. The van der Waals surface area contributed by atoms with Gasteiger partial charge in [-0.25, -0.2) is 4.79 Å². The maximum atomic E-state index is 11.8. The van der Waals surface area contributed by atoms with Crippen molar-refractivity contribution in [3.8, 4) is 0 Å². The molecule has 0 bridgehead atoms. The van der Waals surface area contributed by atoms with E-state index in [0.29, 0.717) is 17.9 Å². The Hall–Kier alpha value is -1.84. The molecule has 1 heterocycles. The van der Waals surface area contributed by atoms with Crippen molar-refractivity contribution >= 4 is 27.6 Å². The molecule has 128 valence electrons. The van der Waals surface area contributed by atoms with E-state index < -0.39 is 10.2 Å². The minimum Gasteiger partial charge on any atom is -0.376 e. The summed E-state index contributed by atoms with van der Waals surface area (Å²) < 4.78 is 32.5. The summed E-state index contributed by atoms with van der Waals surface area (Å²) in [6.07, 6.45) is 2.03. The zero-order valence-corrected chi connectivity index (χ0v) is 14.0. The zero-order chi connectivity index (χ0) is 16.9. The summed E-state index contributed by atoms with van der Waals surface area (Å²) in [5, 5.41) is 5.40. The molecule has 1 fully saturated rings. The second-order valence-corrected chi connectivity index (χ2v) is 7.32. The van der Waals surface area contributed by atoms with Gasteiger partial charge in [-0.1, -0.05) is 6.07 Å². The highest BCUT2D eigenvalue weighted by Crippen LogP contribution is 2.17. The Balaban J connectivity index is 1.90. The lowest BCUT2D eigenvalue weighted by Gasteiger charge is -2.15. The molecule has 23 heavy (non-hydrogen) atoms. The van der Waals surface area contributed by atoms with Gasteiger partial charge in [-0.3, -0.25) is 4.72 Å². The molecule has 3 N–H and O–H groups in total. The highest BCUT2D eigenvalue weighted by atomic mass is 32.2. The molecule has 2 amide bonds. The molecular formula is C14H22N4O4S. The van der Waals surface area contributed by atoms with Crippen LogP contribution in [0.1, 0.15) is 12.8 Å². The molecule has 2 rings (SSSR count). The van der Waals surface area contributed by atoms with Crippen LogP contribution in [0.5, 0.6) is 0 Å². The lowest BCUT2D eigenvalue weighted by Crippen LogP contribution is -2.35. The molecule has 0 radical (unpaired) electrons. The first kappa shape index (κ1) is 17.5.